The lowest BCUT2D eigenvalue weighted by Crippen LogP contribution is -2.48. The average Bonchev–Trinajstić information content (AvgIpc) is 3.29. The van der Waals surface area contributed by atoms with E-state index in [9.17, 15) is 14.7 Å². The number of carboxylic acid groups (broad SMARTS) is 1. The van der Waals surface area contributed by atoms with E-state index in [2.05, 4.69) is 10.1 Å². The van der Waals surface area contributed by atoms with E-state index in [4.69, 9.17) is 0 Å². The van der Waals surface area contributed by atoms with Crippen LogP contribution in [0.3, 0.4) is 0 Å². The van der Waals surface area contributed by atoms with E-state index in [1.54, 1.807) is 16.3 Å². The highest BCUT2D eigenvalue weighted by molar-refractivity contribution is 7.13. The monoisotopic (exact) mass is 368 g/mol. The molecule has 1 unspecified atom stereocenters. The first kappa shape index (κ1) is 16.5. The number of aromatic nitrogens is 3. The van der Waals surface area contributed by atoms with E-state index in [1.807, 2.05) is 37.5 Å². The van der Waals surface area contributed by atoms with Gasteiger partial charge in [-0.05, 0) is 11.1 Å². The van der Waals surface area contributed by atoms with Gasteiger partial charge in [-0.25, -0.2) is 9.78 Å². The molecule has 2 aromatic heterocycles. The fraction of sp³-hybridized carbons (Fsp3) is 0.222. The highest BCUT2D eigenvalue weighted by atomic mass is 32.1. The average molecular weight is 368 g/mol. The Morgan fingerprint density at radius 1 is 1.27 bits per heavy atom. The van der Waals surface area contributed by atoms with Crippen LogP contribution in [0, 0.1) is 0 Å². The number of benzene rings is 1. The summed E-state index contributed by atoms with van der Waals surface area (Å²) in [6, 6.07) is 6.73. The number of aliphatic carboxylic acids is 1. The van der Waals surface area contributed by atoms with Crippen molar-refractivity contribution in [1.82, 2.24) is 19.7 Å². The third-order valence-corrected chi connectivity index (χ3v) is 5.36. The van der Waals surface area contributed by atoms with E-state index in [0.29, 0.717) is 11.4 Å². The lowest BCUT2D eigenvalue weighted by atomic mass is 9.94. The number of carbonyl (C=O) groups excluding carboxylic acids is 1. The van der Waals surface area contributed by atoms with Gasteiger partial charge in [-0.2, -0.15) is 5.10 Å². The molecule has 1 amide bonds. The summed E-state index contributed by atoms with van der Waals surface area (Å²) in [6.07, 6.45) is 3.81. The number of nitrogens with zero attached hydrogens (tertiary/aromatic N) is 4. The van der Waals surface area contributed by atoms with Gasteiger partial charge in [-0.3, -0.25) is 9.48 Å². The number of hydrogen-bond acceptors (Lipinski definition) is 5. The van der Waals surface area contributed by atoms with Crippen molar-refractivity contribution in [3.63, 3.8) is 0 Å². The third kappa shape index (κ3) is 2.88. The highest BCUT2D eigenvalue weighted by Gasteiger charge is 2.35. The predicted molar refractivity (Wildman–Crippen MR) is 95.8 cm³/mol. The molecule has 1 N–H and O–H groups in total. The molecular formula is C18H16N4O3S. The van der Waals surface area contributed by atoms with E-state index >= 15 is 0 Å². The number of carbonyl (C=O) groups is 2. The van der Waals surface area contributed by atoms with Crippen LogP contribution in [0.5, 0.6) is 0 Å². The molecule has 7 nitrogen and oxygen atoms in total. The van der Waals surface area contributed by atoms with Crippen molar-refractivity contribution in [3.8, 4) is 10.6 Å². The number of fused-ring (bicyclic) bond motifs is 1. The first-order chi connectivity index (χ1) is 12.5. The van der Waals surface area contributed by atoms with Crippen molar-refractivity contribution >= 4 is 23.2 Å². The zero-order valence-electron chi connectivity index (χ0n) is 14.0. The molecule has 3 aromatic rings. The maximum Gasteiger partial charge on any atom is 0.326 e. The van der Waals surface area contributed by atoms with Crippen LogP contribution in [0.15, 0.2) is 42.0 Å². The largest absolute Gasteiger partial charge is 0.480 e. The van der Waals surface area contributed by atoms with Gasteiger partial charge < -0.3 is 10.0 Å². The molecule has 132 valence electrons. The molecule has 8 heteroatoms. The second-order valence-electron chi connectivity index (χ2n) is 6.20. The molecule has 0 radical (unpaired) electrons. The first-order valence-corrected chi connectivity index (χ1v) is 8.96. The second kappa shape index (κ2) is 6.38. The van der Waals surface area contributed by atoms with Crippen LogP contribution in [0.1, 0.15) is 21.6 Å². The summed E-state index contributed by atoms with van der Waals surface area (Å²) >= 11 is 1.34. The molecule has 26 heavy (non-hydrogen) atoms. The van der Waals surface area contributed by atoms with E-state index in [1.165, 1.54) is 16.2 Å². The number of amides is 1. The van der Waals surface area contributed by atoms with Crippen LogP contribution in [-0.2, 0) is 24.8 Å². The smallest absolute Gasteiger partial charge is 0.326 e. The summed E-state index contributed by atoms with van der Waals surface area (Å²) in [5, 5.41) is 16.1. The Labute approximate surface area is 153 Å². The number of aryl methyl sites for hydroxylation is 1. The molecule has 0 aliphatic carbocycles. The van der Waals surface area contributed by atoms with Gasteiger partial charge in [0.15, 0.2) is 0 Å². The predicted octanol–water partition coefficient (Wildman–Crippen LogP) is 2.20. The van der Waals surface area contributed by atoms with Crippen molar-refractivity contribution in [2.45, 2.75) is 19.0 Å². The molecule has 0 bridgehead atoms. The van der Waals surface area contributed by atoms with Crippen LogP contribution >= 0.6 is 11.3 Å². The maximum absolute atomic E-state index is 13.0. The standard InChI is InChI=1S/C18H16N4O3S/c1-21-8-13(7-19-21)16-20-14(10-26-16)17(23)22-9-12-5-3-2-4-11(12)6-15(22)18(24)25/h2-5,7-8,10,15H,6,9H2,1H3,(H,24,25). The fourth-order valence-electron chi connectivity index (χ4n) is 3.14. The molecule has 0 spiro atoms. The van der Waals surface area contributed by atoms with Gasteiger partial charge in [0.2, 0.25) is 0 Å². The Balaban J connectivity index is 1.64. The van der Waals surface area contributed by atoms with Crippen molar-refractivity contribution in [1.29, 1.82) is 0 Å². The lowest BCUT2D eigenvalue weighted by Gasteiger charge is -2.34. The minimum absolute atomic E-state index is 0.263. The molecule has 0 saturated carbocycles. The molecule has 1 atom stereocenters. The molecular weight excluding hydrogens is 352 g/mol. The Kier molecular flexibility index (Phi) is 4.04. The summed E-state index contributed by atoms with van der Waals surface area (Å²) in [4.78, 5) is 30.5. The minimum atomic E-state index is -1.00. The molecule has 1 aliphatic rings. The molecule has 1 aliphatic heterocycles. The summed E-state index contributed by atoms with van der Waals surface area (Å²) < 4.78 is 1.67. The lowest BCUT2D eigenvalue weighted by molar-refractivity contribution is -0.142. The van der Waals surface area contributed by atoms with E-state index in [0.717, 1.165) is 16.7 Å². The number of carboxylic acids is 1. The van der Waals surface area contributed by atoms with Gasteiger partial charge in [0, 0.05) is 37.2 Å². The summed E-state index contributed by atoms with van der Waals surface area (Å²) in [5.41, 5.74) is 3.04. The number of rotatable bonds is 3. The van der Waals surface area contributed by atoms with Crippen molar-refractivity contribution in [2.75, 3.05) is 0 Å². The van der Waals surface area contributed by atoms with Crippen LogP contribution < -0.4 is 0 Å². The quantitative estimate of drug-likeness (QED) is 0.766. The molecule has 0 fully saturated rings. The Morgan fingerprint density at radius 2 is 2.04 bits per heavy atom. The van der Waals surface area contributed by atoms with Crippen LogP contribution in [0.25, 0.3) is 10.6 Å². The van der Waals surface area contributed by atoms with Gasteiger partial charge in [0.1, 0.15) is 16.7 Å². The van der Waals surface area contributed by atoms with Crippen LogP contribution in [-0.4, -0.2) is 42.7 Å². The molecule has 1 aromatic carbocycles. The van der Waals surface area contributed by atoms with Gasteiger partial charge in [-0.15, -0.1) is 11.3 Å². The molecule has 3 heterocycles. The Morgan fingerprint density at radius 3 is 2.73 bits per heavy atom. The number of hydrogen-bond donors (Lipinski definition) is 1. The van der Waals surface area contributed by atoms with Gasteiger partial charge >= 0.3 is 5.97 Å². The normalized spacial score (nSPS) is 16.3. The fourth-order valence-corrected chi connectivity index (χ4v) is 3.91. The SMILES string of the molecule is Cn1cc(-c2nc(C(=O)N3Cc4ccccc4CC3C(=O)O)cs2)cn1. The number of thiazole rings is 1. The van der Waals surface area contributed by atoms with Crippen LogP contribution in [0.4, 0.5) is 0 Å². The van der Waals surface area contributed by atoms with Gasteiger partial charge in [0.05, 0.1) is 6.20 Å². The zero-order valence-corrected chi connectivity index (χ0v) is 14.8. The first-order valence-electron chi connectivity index (χ1n) is 8.08. The highest BCUT2D eigenvalue weighted by Crippen LogP contribution is 2.28. The van der Waals surface area contributed by atoms with Crippen molar-refractivity contribution < 1.29 is 14.7 Å². The van der Waals surface area contributed by atoms with Gasteiger partial charge in [0.25, 0.3) is 5.91 Å². The van der Waals surface area contributed by atoms with E-state index < -0.39 is 12.0 Å². The van der Waals surface area contributed by atoms with Crippen molar-refractivity contribution in [3.05, 3.63) is 58.9 Å². The summed E-state index contributed by atoms with van der Waals surface area (Å²) in [5.74, 6) is -1.37. The maximum atomic E-state index is 13.0. The minimum Gasteiger partial charge on any atom is -0.480 e. The van der Waals surface area contributed by atoms with E-state index in [-0.39, 0.29) is 18.1 Å². The second-order valence-corrected chi connectivity index (χ2v) is 7.06. The molecule has 0 saturated heterocycles. The zero-order chi connectivity index (χ0) is 18.3. The molecule has 4 rings (SSSR count). The third-order valence-electron chi connectivity index (χ3n) is 4.47. The summed E-state index contributed by atoms with van der Waals surface area (Å²) in [6.45, 7) is 0.270. The summed E-state index contributed by atoms with van der Waals surface area (Å²) in [7, 11) is 1.81. The van der Waals surface area contributed by atoms with Crippen molar-refractivity contribution in [2.24, 2.45) is 7.05 Å². The van der Waals surface area contributed by atoms with Gasteiger partial charge in [-0.1, -0.05) is 24.3 Å². The topological polar surface area (TPSA) is 88.3 Å². The Bertz CT molecular complexity index is 994. The van der Waals surface area contributed by atoms with Crippen LogP contribution in [0.2, 0.25) is 0 Å². The Hall–Kier alpha value is -3.00.